The van der Waals surface area contributed by atoms with Gasteiger partial charge in [0.2, 0.25) is 11.8 Å². The maximum Gasteiger partial charge on any atom is 0.262 e. The van der Waals surface area contributed by atoms with E-state index in [9.17, 15) is 23.6 Å². The highest BCUT2D eigenvalue weighted by molar-refractivity contribution is 6.24. The zero-order chi connectivity index (χ0) is 20.0. The molecular formula is C19H21FN4O4. The second-order valence-electron chi connectivity index (χ2n) is 7.44. The molecular weight excluding hydrogens is 367 g/mol. The molecule has 8 nitrogen and oxygen atoms in total. The van der Waals surface area contributed by atoms with E-state index in [1.54, 1.807) is 18.2 Å². The summed E-state index contributed by atoms with van der Waals surface area (Å²) in [6.07, 6.45) is -0.444. The first-order valence-corrected chi connectivity index (χ1v) is 9.32. The third kappa shape index (κ3) is 3.00. The zero-order valence-electron chi connectivity index (χ0n) is 15.2. The molecule has 1 unspecified atom stereocenters. The molecule has 0 spiro atoms. The van der Waals surface area contributed by atoms with Crippen LogP contribution in [0.5, 0.6) is 0 Å². The van der Waals surface area contributed by atoms with Gasteiger partial charge in [-0.1, -0.05) is 12.1 Å². The van der Waals surface area contributed by atoms with Crippen LogP contribution >= 0.6 is 0 Å². The van der Waals surface area contributed by atoms with Crippen molar-refractivity contribution in [2.45, 2.75) is 44.1 Å². The molecule has 148 valence electrons. The van der Waals surface area contributed by atoms with Crippen LogP contribution in [0.15, 0.2) is 18.2 Å². The summed E-state index contributed by atoms with van der Waals surface area (Å²) in [7, 11) is 0. The summed E-state index contributed by atoms with van der Waals surface area (Å²) in [6, 6.07) is 3.83. The number of hydrogen-bond acceptors (Lipinski definition) is 6. The van der Waals surface area contributed by atoms with E-state index in [0.717, 1.165) is 4.90 Å². The summed E-state index contributed by atoms with van der Waals surface area (Å²) in [5.41, 5.74) is 6.82. The van der Waals surface area contributed by atoms with Gasteiger partial charge in [-0.3, -0.25) is 34.3 Å². The van der Waals surface area contributed by atoms with E-state index in [-0.39, 0.29) is 36.6 Å². The van der Waals surface area contributed by atoms with Gasteiger partial charge >= 0.3 is 0 Å². The van der Waals surface area contributed by atoms with Crippen LogP contribution in [0.4, 0.5) is 4.39 Å². The monoisotopic (exact) mass is 388 g/mol. The van der Waals surface area contributed by atoms with Gasteiger partial charge in [-0.15, -0.1) is 0 Å². The molecule has 3 heterocycles. The van der Waals surface area contributed by atoms with Crippen molar-refractivity contribution in [2.75, 3.05) is 13.1 Å². The third-order valence-electron chi connectivity index (χ3n) is 5.68. The van der Waals surface area contributed by atoms with Gasteiger partial charge in [0, 0.05) is 32.1 Å². The van der Waals surface area contributed by atoms with Crippen LogP contribution in [0.25, 0.3) is 0 Å². The first-order chi connectivity index (χ1) is 13.4. The Balaban J connectivity index is 1.63. The number of amides is 4. The van der Waals surface area contributed by atoms with Gasteiger partial charge in [0.1, 0.15) is 12.2 Å². The number of halogens is 1. The van der Waals surface area contributed by atoms with Gasteiger partial charge in [-0.2, -0.15) is 0 Å². The van der Waals surface area contributed by atoms with Crippen LogP contribution in [0.3, 0.4) is 0 Å². The van der Waals surface area contributed by atoms with Gasteiger partial charge in [0.25, 0.3) is 11.8 Å². The molecule has 0 radical (unpaired) electrons. The highest BCUT2D eigenvalue weighted by Gasteiger charge is 2.45. The Kier molecular flexibility index (Phi) is 4.72. The number of carbonyl (C=O) groups excluding carboxylic acids is 4. The summed E-state index contributed by atoms with van der Waals surface area (Å²) >= 11 is 0. The molecule has 28 heavy (non-hydrogen) atoms. The number of nitrogens with one attached hydrogen (secondary N) is 1. The standard InChI is InChI=1S/C19H21FN4O4/c20-11-6-12(7-21)23(9-11)8-10-2-1-3-13-16(10)19(28)24(18(13)27)14-4-5-15(25)22-17(14)26/h1-3,11-12,14H,4-9,21H2,(H,22,25,26)/t11-,12-,14?/m0/s1. The van der Waals surface area contributed by atoms with Gasteiger partial charge in [-0.05, 0) is 24.5 Å². The number of imide groups is 2. The molecule has 4 rings (SSSR count). The first-order valence-electron chi connectivity index (χ1n) is 9.32. The number of nitrogens with two attached hydrogens (primary N) is 1. The summed E-state index contributed by atoms with van der Waals surface area (Å²) in [6.45, 7) is 0.836. The molecule has 1 aromatic rings. The molecule has 0 aromatic heterocycles. The molecule has 0 aliphatic carbocycles. The number of alkyl halides is 1. The van der Waals surface area contributed by atoms with Crippen LogP contribution in [0, 0.1) is 0 Å². The number of piperidine rings is 1. The van der Waals surface area contributed by atoms with Gasteiger partial charge in [0.15, 0.2) is 0 Å². The first kappa shape index (κ1) is 18.7. The predicted molar refractivity (Wildman–Crippen MR) is 95.9 cm³/mol. The normalized spacial score (nSPS) is 28.1. The fourth-order valence-electron chi connectivity index (χ4n) is 4.30. The minimum absolute atomic E-state index is 0.0700. The van der Waals surface area contributed by atoms with E-state index in [0.29, 0.717) is 25.1 Å². The van der Waals surface area contributed by atoms with Crippen molar-refractivity contribution in [2.24, 2.45) is 5.73 Å². The zero-order valence-corrected chi connectivity index (χ0v) is 15.2. The molecule has 4 amide bonds. The van der Waals surface area contributed by atoms with Crippen molar-refractivity contribution < 1.29 is 23.6 Å². The highest BCUT2D eigenvalue weighted by Crippen LogP contribution is 2.32. The molecule has 3 atom stereocenters. The van der Waals surface area contributed by atoms with E-state index in [1.807, 2.05) is 4.90 Å². The van der Waals surface area contributed by atoms with E-state index >= 15 is 0 Å². The fraction of sp³-hybridized carbons (Fsp3) is 0.474. The molecule has 2 saturated heterocycles. The Bertz CT molecular complexity index is 873. The van der Waals surface area contributed by atoms with Gasteiger partial charge in [0.05, 0.1) is 11.1 Å². The second-order valence-corrected chi connectivity index (χ2v) is 7.44. The van der Waals surface area contributed by atoms with Crippen LogP contribution in [0.2, 0.25) is 0 Å². The lowest BCUT2D eigenvalue weighted by atomic mass is 10.0. The molecule has 1 aromatic carbocycles. The van der Waals surface area contributed by atoms with Crippen molar-refractivity contribution >= 4 is 23.6 Å². The van der Waals surface area contributed by atoms with E-state index in [1.165, 1.54) is 0 Å². The van der Waals surface area contributed by atoms with Crippen molar-refractivity contribution in [3.63, 3.8) is 0 Å². The summed E-state index contributed by atoms with van der Waals surface area (Å²) in [4.78, 5) is 52.3. The fourth-order valence-corrected chi connectivity index (χ4v) is 4.30. The summed E-state index contributed by atoms with van der Waals surface area (Å²) < 4.78 is 13.8. The number of nitrogens with zero attached hydrogens (tertiary/aromatic N) is 2. The minimum atomic E-state index is -1.00. The number of rotatable bonds is 4. The van der Waals surface area contributed by atoms with Crippen molar-refractivity contribution in [3.8, 4) is 0 Å². The number of carbonyl (C=O) groups is 4. The molecule has 3 N–H and O–H groups in total. The van der Waals surface area contributed by atoms with Crippen LogP contribution in [-0.4, -0.2) is 64.8 Å². The average Bonchev–Trinajstić information content (AvgIpc) is 3.13. The molecule has 0 saturated carbocycles. The van der Waals surface area contributed by atoms with Crippen molar-refractivity contribution in [1.29, 1.82) is 0 Å². The minimum Gasteiger partial charge on any atom is -0.329 e. The van der Waals surface area contributed by atoms with E-state index < -0.39 is 35.8 Å². The Morgan fingerprint density at radius 2 is 1.96 bits per heavy atom. The topological polar surface area (TPSA) is 113 Å². The average molecular weight is 388 g/mol. The van der Waals surface area contributed by atoms with Crippen molar-refractivity contribution in [3.05, 3.63) is 34.9 Å². The number of hydrogen-bond donors (Lipinski definition) is 2. The Labute approximate surface area is 160 Å². The highest BCUT2D eigenvalue weighted by atomic mass is 19.1. The van der Waals surface area contributed by atoms with E-state index in [2.05, 4.69) is 5.32 Å². The van der Waals surface area contributed by atoms with Gasteiger partial charge < -0.3 is 5.73 Å². The van der Waals surface area contributed by atoms with Crippen LogP contribution in [-0.2, 0) is 16.1 Å². The maximum atomic E-state index is 13.8. The quantitative estimate of drug-likeness (QED) is 0.700. The maximum absolute atomic E-state index is 13.8. The van der Waals surface area contributed by atoms with Crippen LogP contribution < -0.4 is 11.1 Å². The van der Waals surface area contributed by atoms with Crippen LogP contribution in [0.1, 0.15) is 45.5 Å². The third-order valence-corrected chi connectivity index (χ3v) is 5.68. The molecule has 3 aliphatic rings. The lowest BCUT2D eigenvalue weighted by Crippen LogP contribution is -2.54. The second kappa shape index (κ2) is 7.06. The summed E-state index contributed by atoms with van der Waals surface area (Å²) in [5, 5.41) is 2.18. The predicted octanol–water partition coefficient (Wildman–Crippen LogP) is -0.0411. The molecule has 2 fully saturated rings. The number of fused-ring (bicyclic) bond motifs is 1. The van der Waals surface area contributed by atoms with Gasteiger partial charge in [-0.25, -0.2) is 4.39 Å². The van der Waals surface area contributed by atoms with E-state index in [4.69, 9.17) is 5.73 Å². The summed E-state index contributed by atoms with van der Waals surface area (Å²) in [5.74, 6) is -2.15. The number of likely N-dealkylation sites (tertiary alicyclic amines) is 1. The Morgan fingerprint density at radius 3 is 2.68 bits per heavy atom. The lowest BCUT2D eigenvalue weighted by molar-refractivity contribution is -0.136. The Morgan fingerprint density at radius 1 is 1.18 bits per heavy atom. The molecule has 3 aliphatic heterocycles. The molecule has 0 bridgehead atoms. The van der Waals surface area contributed by atoms with Crippen molar-refractivity contribution in [1.82, 2.24) is 15.1 Å². The smallest absolute Gasteiger partial charge is 0.262 e. The Hall–Kier alpha value is -2.65. The molecule has 9 heteroatoms. The largest absolute Gasteiger partial charge is 0.329 e. The number of benzene rings is 1. The lowest BCUT2D eigenvalue weighted by Gasteiger charge is -2.28. The SMILES string of the molecule is NC[C@@H]1C[C@H](F)CN1Cc1cccc2c1C(=O)N(C1CCC(=O)NC1=O)C2=O.